The van der Waals surface area contributed by atoms with Gasteiger partial charge in [-0.3, -0.25) is 0 Å². The van der Waals surface area contributed by atoms with E-state index < -0.39 is 10.0 Å². The van der Waals surface area contributed by atoms with Crippen LogP contribution in [0.2, 0.25) is 5.02 Å². The lowest BCUT2D eigenvalue weighted by Crippen LogP contribution is -2.26. The minimum atomic E-state index is -3.48. The number of hydrogen-bond donors (Lipinski definition) is 0. The van der Waals surface area contributed by atoms with Crippen LogP contribution in [0.15, 0.2) is 59.5 Å². The highest BCUT2D eigenvalue weighted by Crippen LogP contribution is 2.18. The van der Waals surface area contributed by atoms with Crippen LogP contribution in [-0.2, 0) is 16.6 Å². The van der Waals surface area contributed by atoms with Gasteiger partial charge in [-0.25, -0.2) is 8.42 Å². The van der Waals surface area contributed by atoms with Crippen molar-refractivity contribution in [1.82, 2.24) is 4.31 Å². The van der Waals surface area contributed by atoms with Crippen LogP contribution >= 0.6 is 11.6 Å². The van der Waals surface area contributed by atoms with Gasteiger partial charge in [-0.15, -0.1) is 0 Å². The van der Waals surface area contributed by atoms with Crippen molar-refractivity contribution in [2.75, 3.05) is 7.05 Å². The molecule has 0 aliphatic carbocycles. The Morgan fingerprint density at radius 1 is 1.00 bits per heavy atom. The maximum Gasteiger partial charge on any atom is 0.243 e. The molecule has 19 heavy (non-hydrogen) atoms. The Labute approximate surface area is 118 Å². The van der Waals surface area contributed by atoms with E-state index in [-0.39, 0.29) is 4.90 Å². The Balaban J connectivity index is 2.22. The van der Waals surface area contributed by atoms with Crippen LogP contribution in [0.1, 0.15) is 5.56 Å². The minimum Gasteiger partial charge on any atom is -0.207 e. The third-order valence-electron chi connectivity index (χ3n) is 2.77. The lowest BCUT2D eigenvalue weighted by atomic mass is 10.2. The van der Waals surface area contributed by atoms with Crippen molar-refractivity contribution in [3.8, 4) is 0 Å². The topological polar surface area (TPSA) is 37.4 Å². The molecule has 0 saturated heterocycles. The molecule has 0 heterocycles. The standard InChI is InChI=1S/C14H14ClNO2S/c1-16(11-12-5-3-2-4-6-12)19(17,18)14-9-7-13(15)8-10-14/h2-10H,11H2,1H3. The van der Waals surface area contributed by atoms with Gasteiger partial charge in [0, 0.05) is 18.6 Å². The lowest BCUT2D eigenvalue weighted by Gasteiger charge is -2.17. The average Bonchev–Trinajstić information content (AvgIpc) is 2.40. The Morgan fingerprint density at radius 3 is 2.16 bits per heavy atom. The number of rotatable bonds is 4. The zero-order valence-corrected chi connectivity index (χ0v) is 12.0. The molecule has 2 rings (SSSR count). The summed E-state index contributed by atoms with van der Waals surface area (Å²) in [6.07, 6.45) is 0. The first kappa shape index (κ1) is 14.1. The SMILES string of the molecule is CN(Cc1ccccc1)S(=O)(=O)c1ccc(Cl)cc1. The summed E-state index contributed by atoms with van der Waals surface area (Å²) in [6.45, 7) is 0.339. The Bertz CT molecular complexity index is 639. The van der Waals surface area contributed by atoms with Crippen molar-refractivity contribution >= 4 is 21.6 Å². The summed E-state index contributed by atoms with van der Waals surface area (Å²) in [6, 6.07) is 15.6. The first-order valence-corrected chi connectivity index (χ1v) is 7.58. The van der Waals surface area contributed by atoms with E-state index in [0.717, 1.165) is 5.56 Å². The number of benzene rings is 2. The van der Waals surface area contributed by atoms with Crippen LogP contribution in [0.5, 0.6) is 0 Å². The van der Waals surface area contributed by atoms with Gasteiger partial charge >= 0.3 is 0 Å². The predicted octanol–water partition coefficient (Wildman–Crippen LogP) is 3.16. The average molecular weight is 296 g/mol. The van der Waals surface area contributed by atoms with Crippen LogP contribution in [-0.4, -0.2) is 19.8 Å². The van der Waals surface area contributed by atoms with Gasteiger partial charge in [-0.1, -0.05) is 41.9 Å². The molecule has 5 heteroatoms. The summed E-state index contributed by atoms with van der Waals surface area (Å²) < 4.78 is 26.0. The van der Waals surface area contributed by atoms with Crippen molar-refractivity contribution in [3.05, 3.63) is 65.2 Å². The number of halogens is 1. The summed E-state index contributed by atoms with van der Waals surface area (Å²) in [5.74, 6) is 0. The van der Waals surface area contributed by atoms with Crippen molar-refractivity contribution in [2.45, 2.75) is 11.4 Å². The largest absolute Gasteiger partial charge is 0.243 e. The molecule has 0 aromatic heterocycles. The molecule has 100 valence electrons. The third kappa shape index (κ3) is 3.35. The van der Waals surface area contributed by atoms with E-state index in [0.29, 0.717) is 11.6 Å². The second kappa shape index (κ2) is 5.74. The molecule has 0 atom stereocenters. The second-order valence-corrected chi connectivity index (χ2v) is 6.68. The van der Waals surface area contributed by atoms with Crippen LogP contribution in [0.3, 0.4) is 0 Å². The number of nitrogens with zero attached hydrogens (tertiary/aromatic N) is 1. The summed E-state index contributed by atoms with van der Waals surface area (Å²) in [4.78, 5) is 0.246. The summed E-state index contributed by atoms with van der Waals surface area (Å²) in [5.41, 5.74) is 0.947. The van der Waals surface area contributed by atoms with Gasteiger partial charge in [0.05, 0.1) is 4.90 Å². The Hall–Kier alpha value is -1.36. The normalized spacial score (nSPS) is 11.7. The maximum absolute atomic E-state index is 12.3. The van der Waals surface area contributed by atoms with Crippen LogP contribution in [0.25, 0.3) is 0 Å². The summed E-state index contributed by atoms with van der Waals surface area (Å²) in [7, 11) is -1.91. The van der Waals surface area contributed by atoms with Crippen molar-refractivity contribution in [3.63, 3.8) is 0 Å². The highest BCUT2D eigenvalue weighted by atomic mass is 35.5. The smallest absolute Gasteiger partial charge is 0.207 e. The lowest BCUT2D eigenvalue weighted by molar-refractivity contribution is 0.467. The molecule has 0 saturated carbocycles. The zero-order valence-electron chi connectivity index (χ0n) is 10.5. The van der Waals surface area contributed by atoms with E-state index >= 15 is 0 Å². The molecule has 0 radical (unpaired) electrons. The first-order valence-electron chi connectivity index (χ1n) is 5.76. The van der Waals surface area contributed by atoms with Crippen molar-refractivity contribution in [2.24, 2.45) is 0 Å². The highest BCUT2D eigenvalue weighted by Gasteiger charge is 2.20. The third-order valence-corrected chi connectivity index (χ3v) is 4.84. The van der Waals surface area contributed by atoms with Gasteiger partial charge in [-0.05, 0) is 29.8 Å². The van der Waals surface area contributed by atoms with Crippen molar-refractivity contribution in [1.29, 1.82) is 0 Å². The molecule has 0 N–H and O–H groups in total. The molecule has 3 nitrogen and oxygen atoms in total. The monoisotopic (exact) mass is 295 g/mol. The molecule has 0 aliphatic heterocycles. The quantitative estimate of drug-likeness (QED) is 0.869. The van der Waals surface area contributed by atoms with Crippen molar-refractivity contribution < 1.29 is 8.42 Å². The van der Waals surface area contributed by atoms with E-state index in [2.05, 4.69) is 0 Å². The van der Waals surface area contributed by atoms with Gasteiger partial charge in [0.1, 0.15) is 0 Å². The van der Waals surface area contributed by atoms with E-state index in [4.69, 9.17) is 11.6 Å². The molecular formula is C14H14ClNO2S. The fourth-order valence-electron chi connectivity index (χ4n) is 1.71. The number of hydrogen-bond acceptors (Lipinski definition) is 2. The Kier molecular flexibility index (Phi) is 4.24. The second-order valence-electron chi connectivity index (χ2n) is 4.20. The number of sulfonamides is 1. The highest BCUT2D eigenvalue weighted by molar-refractivity contribution is 7.89. The van der Waals surface area contributed by atoms with Gasteiger partial charge in [0.15, 0.2) is 0 Å². The molecule has 0 aliphatic rings. The fourth-order valence-corrected chi connectivity index (χ4v) is 3.00. The van der Waals surface area contributed by atoms with Crippen LogP contribution < -0.4 is 0 Å². The van der Waals surface area contributed by atoms with Gasteiger partial charge < -0.3 is 0 Å². The van der Waals surface area contributed by atoms with Gasteiger partial charge in [0.2, 0.25) is 10.0 Å². The summed E-state index contributed by atoms with van der Waals surface area (Å²) in [5, 5.41) is 0.518. The molecule has 2 aromatic rings. The van der Waals surface area contributed by atoms with E-state index in [9.17, 15) is 8.42 Å². The molecule has 0 unspecified atom stereocenters. The molecule has 0 fully saturated rings. The Morgan fingerprint density at radius 2 is 1.58 bits per heavy atom. The summed E-state index contributed by atoms with van der Waals surface area (Å²) >= 11 is 5.76. The molecular weight excluding hydrogens is 282 g/mol. The zero-order chi connectivity index (χ0) is 13.9. The van der Waals surface area contributed by atoms with Crippen LogP contribution in [0.4, 0.5) is 0 Å². The van der Waals surface area contributed by atoms with Crippen LogP contribution in [0, 0.1) is 0 Å². The molecule has 0 bridgehead atoms. The van der Waals surface area contributed by atoms with E-state index in [1.54, 1.807) is 19.2 Å². The first-order chi connectivity index (χ1) is 9.00. The van der Waals surface area contributed by atoms with E-state index in [1.807, 2.05) is 30.3 Å². The van der Waals surface area contributed by atoms with Gasteiger partial charge in [-0.2, -0.15) is 4.31 Å². The molecule has 0 spiro atoms. The minimum absolute atomic E-state index is 0.246. The fraction of sp³-hybridized carbons (Fsp3) is 0.143. The maximum atomic E-state index is 12.3. The molecule has 2 aromatic carbocycles. The molecule has 0 amide bonds. The predicted molar refractivity (Wildman–Crippen MR) is 76.5 cm³/mol. The van der Waals surface area contributed by atoms with E-state index in [1.165, 1.54) is 16.4 Å². The van der Waals surface area contributed by atoms with Gasteiger partial charge in [0.25, 0.3) is 0 Å².